The standard InChI is InChI=1S/C68H54N2/c1-67(2)63-43-47(33-39-59(63)61-41-37-55(45-65(61)67)69(51-21-9-5-10-22-51)52-23-11-6-12-24-52)31-35-49-19-17-30-58-50(20-18-29-57(49)58)36-32-48-34-40-60-62-42-38-56(46-66(62)68(3,4)64(60)44-48)70(53-25-13-7-14-26-53)54-27-15-8-16-28-54/h5-46H,1-4H3. The van der Waals surface area contributed by atoms with Crippen molar-refractivity contribution >= 4 is 69.2 Å². The Kier molecular flexibility index (Phi) is 10.6. The quantitative estimate of drug-likeness (QED) is 0.126. The Morgan fingerprint density at radius 1 is 0.271 bits per heavy atom. The third-order valence-corrected chi connectivity index (χ3v) is 14.8. The molecule has 2 heteroatoms. The van der Waals surface area contributed by atoms with Crippen LogP contribution in [-0.2, 0) is 10.8 Å². The topological polar surface area (TPSA) is 6.48 Å². The molecule has 10 aromatic carbocycles. The number of hydrogen-bond donors (Lipinski definition) is 0. The molecule has 0 N–H and O–H groups in total. The Bertz CT molecular complexity index is 3320. The van der Waals surface area contributed by atoms with Crippen molar-refractivity contribution in [1.29, 1.82) is 0 Å². The number of nitrogens with zero attached hydrogens (tertiary/aromatic N) is 2. The Morgan fingerprint density at radius 3 is 0.929 bits per heavy atom. The molecule has 0 atom stereocenters. The highest BCUT2D eigenvalue weighted by molar-refractivity contribution is 5.99. The van der Waals surface area contributed by atoms with E-state index < -0.39 is 0 Å². The molecule has 0 fully saturated rings. The summed E-state index contributed by atoms with van der Waals surface area (Å²) in [4.78, 5) is 4.71. The van der Waals surface area contributed by atoms with Gasteiger partial charge in [0.1, 0.15) is 0 Å². The van der Waals surface area contributed by atoms with Crippen molar-refractivity contribution in [2.75, 3.05) is 9.80 Å². The highest BCUT2D eigenvalue weighted by Crippen LogP contribution is 2.53. The van der Waals surface area contributed by atoms with Gasteiger partial charge in [-0.3, -0.25) is 0 Å². The first-order valence-corrected chi connectivity index (χ1v) is 24.5. The van der Waals surface area contributed by atoms with Crippen LogP contribution in [0.15, 0.2) is 231 Å². The molecule has 0 amide bonds. The number of para-hydroxylation sites is 4. The average molecular weight is 899 g/mol. The number of rotatable bonds is 10. The fraction of sp³-hybridized carbons (Fsp3) is 0.0882. The molecule has 0 heterocycles. The van der Waals surface area contributed by atoms with Crippen LogP contribution >= 0.6 is 0 Å². The van der Waals surface area contributed by atoms with Gasteiger partial charge in [-0.15, -0.1) is 0 Å². The van der Waals surface area contributed by atoms with Crippen LogP contribution in [0.3, 0.4) is 0 Å². The molecule has 2 aliphatic rings. The van der Waals surface area contributed by atoms with E-state index in [1.165, 1.54) is 77.5 Å². The van der Waals surface area contributed by atoms with Crippen molar-refractivity contribution in [1.82, 2.24) is 0 Å². The second-order valence-corrected chi connectivity index (χ2v) is 19.8. The van der Waals surface area contributed by atoms with Gasteiger partial charge in [0.05, 0.1) is 0 Å². The maximum Gasteiger partial charge on any atom is 0.0465 e. The van der Waals surface area contributed by atoms with E-state index in [9.17, 15) is 0 Å². The summed E-state index contributed by atoms with van der Waals surface area (Å²) in [6.45, 7) is 9.48. The van der Waals surface area contributed by atoms with Gasteiger partial charge < -0.3 is 9.80 Å². The molecule has 0 unspecified atom stereocenters. The second-order valence-electron chi connectivity index (χ2n) is 19.8. The minimum atomic E-state index is -0.167. The summed E-state index contributed by atoms with van der Waals surface area (Å²) in [5.74, 6) is 0. The molecule has 2 nitrogen and oxygen atoms in total. The Labute approximate surface area is 412 Å². The Morgan fingerprint density at radius 2 is 0.586 bits per heavy atom. The molecule has 0 radical (unpaired) electrons. The monoisotopic (exact) mass is 898 g/mol. The summed E-state index contributed by atoms with van der Waals surface area (Å²) in [7, 11) is 0. The first-order chi connectivity index (χ1) is 34.2. The molecule has 0 bridgehead atoms. The van der Waals surface area contributed by atoms with Gasteiger partial charge in [-0.2, -0.15) is 0 Å². The lowest BCUT2D eigenvalue weighted by Gasteiger charge is -2.28. The first kappa shape index (κ1) is 42.9. The lowest BCUT2D eigenvalue weighted by atomic mass is 9.81. The predicted octanol–water partition coefficient (Wildman–Crippen LogP) is 18.7. The molecule has 0 saturated heterocycles. The van der Waals surface area contributed by atoms with E-state index in [1.54, 1.807) is 0 Å². The van der Waals surface area contributed by atoms with Crippen LogP contribution in [0.4, 0.5) is 34.1 Å². The van der Waals surface area contributed by atoms with Crippen molar-refractivity contribution in [3.63, 3.8) is 0 Å². The maximum absolute atomic E-state index is 2.40. The van der Waals surface area contributed by atoms with Gasteiger partial charge >= 0.3 is 0 Å². The van der Waals surface area contributed by atoms with Crippen LogP contribution in [0.5, 0.6) is 0 Å². The van der Waals surface area contributed by atoms with E-state index in [4.69, 9.17) is 0 Å². The van der Waals surface area contributed by atoms with E-state index in [-0.39, 0.29) is 10.8 Å². The fourth-order valence-electron chi connectivity index (χ4n) is 11.2. The van der Waals surface area contributed by atoms with Gasteiger partial charge in [-0.05, 0) is 150 Å². The van der Waals surface area contributed by atoms with Crippen LogP contribution in [0, 0.1) is 0 Å². The van der Waals surface area contributed by atoms with Crippen molar-refractivity contribution in [3.05, 3.63) is 275 Å². The Hall–Kier alpha value is -8.46. The van der Waals surface area contributed by atoms with Gasteiger partial charge in [0.2, 0.25) is 0 Å². The number of hydrogen-bond acceptors (Lipinski definition) is 2. The number of fused-ring (bicyclic) bond motifs is 7. The number of anilines is 6. The summed E-state index contributed by atoms with van der Waals surface area (Å²) in [5.41, 5.74) is 22.1. The highest BCUT2D eigenvalue weighted by Gasteiger charge is 2.37. The van der Waals surface area contributed by atoms with E-state index in [1.807, 2.05) is 0 Å². The average Bonchev–Trinajstić information content (AvgIpc) is 3.76. The predicted molar refractivity (Wildman–Crippen MR) is 299 cm³/mol. The van der Waals surface area contributed by atoms with Gasteiger partial charge in [0.15, 0.2) is 0 Å². The van der Waals surface area contributed by atoms with Gasteiger partial charge in [-0.1, -0.05) is 210 Å². The molecule has 10 aromatic rings. The molecule has 0 saturated carbocycles. The van der Waals surface area contributed by atoms with Crippen LogP contribution < -0.4 is 9.80 Å². The fourth-order valence-corrected chi connectivity index (χ4v) is 11.2. The van der Waals surface area contributed by atoms with Gasteiger partial charge in [0, 0.05) is 45.0 Å². The van der Waals surface area contributed by atoms with E-state index >= 15 is 0 Å². The lowest BCUT2D eigenvalue weighted by molar-refractivity contribution is 0.660. The SMILES string of the molecule is CC1(C)c2cc(C=Cc3cccc4c(C=Cc5ccc6c(c5)C(C)(C)c5cc(N(c7ccccc7)c7ccccc7)ccc5-6)cccc34)ccc2-c2ccc(N(c3ccccc3)c3ccccc3)cc21. The minimum absolute atomic E-state index is 0.167. The summed E-state index contributed by atoms with van der Waals surface area (Å²) >= 11 is 0. The van der Waals surface area contributed by atoms with Gasteiger partial charge in [-0.25, -0.2) is 0 Å². The molecular formula is C68H54N2. The second kappa shape index (κ2) is 17.3. The summed E-state index contributed by atoms with van der Waals surface area (Å²) in [6.07, 6.45) is 9.13. The largest absolute Gasteiger partial charge is 0.310 e. The van der Waals surface area contributed by atoms with Crippen LogP contribution in [0.1, 0.15) is 72.2 Å². The summed E-state index contributed by atoms with van der Waals surface area (Å²) < 4.78 is 0. The molecule has 0 aliphatic heterocycles. The first-order valence-electron chi connectivity index (χ1n) is 24.5. The summed E-state index contributed by atoms with van der Waals surface area (Å²) in [6, 6.07) is 84.0. The van der Waals surface area contributed by atoms with Crippen molar-refractivity contribution < 1.29 is 0 Å². The third-order valence-electron chi connectivity index (χ3n) is 14.8. The van der Waals surface area contributed by atoms with E-state index in [2.05, 4.69) is 292 Å². The zero-order valence-electron chi connectivity index (χ0n) is 40.1. The molecule has 2 aliphatic carbocycles. The highest BCUT2D eigenvalue weighted by atomic mass is 15.1. The number of benzene rings is 10. The normalized spacial score (nSPS) is 13.8. The Balaban J connectivity index is 0.805. The van der Waals surface area contributed by atoms with Crippen LogP contribution in [-0.4, -0.2) is 0 Å². The minimum Gasteiger partial charge on any atom is -0.310 e. The molecule has 0 spiro atoms. The molecule has 336 valence electrons. The summed E-state index contributed by atoms with van der Waals surface area (Å²) in [5, 5.41) is 2.48. The zero-order valence-corrected chi connectivity index (χ0v) is 40.1. The molecule has 12 rings (SSSR count). The third kappa shape index (κ3) is 7.45. The van der Waals surface area contributed by atoms with Crippen molar-refractivity contribution in [3.8, 4) is 22.3 Å². The zero-order chi connectivity index (χ0) is 47.4. The molecule has 0 aromatic heterocycles. The van der Waals surface area contributed by atoms with E-state index in [0.717, 1.165) is 34.1 Å². The smallest absolute Gasteiger partial charge is 0.0465 e. The van der Waals surface area contributed by atoms with Gasteiger partial charge in [0.25, 0.3) is 0 Å². The maximum atomic E-state index is 2.40. The lowest BCUT2D eigenvalue weighted by Crippen LogP contribution is -2.16. The molecule has 70 heavy (non-hydrogen) atoms. The molecular weight excluding hydrogens is 845 g/mol. The van der Waals surface area contributed by atoms with E-state index in [0.29, 0.717) is 0 Å². The van der Waals surface area contributed by atoms with Crippen molar-refractivity contribution in [2.45, 2.75) is 38.5 Å². The van der Waals surface area contributed by atoms with Crippen molar-refractivity contribution in [2.24, 2.45) is 0 Å². The van der Waals surface area contributed by atoms with Crippen LogP contribution in [0.25, 0.3) is 57.3 Å². The van der Waals surface area contributed by atoms with Crippen LogP contribution in [0.2, 0.25) is 0 Å².